The van der Waals surface area contributed by atoms with Gasteiger partial charge in [0.2, 0.25) is 0 Å². The fourth-order valence-corrected chi connectivity index (χ4v) is 6.75. The number of nitrogens with zero attached hydrogens (tertiary/aromatic N) is 2. The Morgan fingerprint density at radius 1 is 1.04 bits per heavy atom. The maximum Gasteiger partial charge on any atom is 0.416 e. The fraction of sp³-hybridized carbons (Fsp3) is 0.351. The van der Waals surface area contributed by atoms with Crippen LogP contribution in [0.5, 0.6) is 5.75 Å². The normalized spacial score (nSPS) is 14.8. The third kappa shape index (κ3) is 7.19. The van der Waals surface area contributed by atoms with Crippen molar-refractivity contribution < 1.29 is 36.2 Å². The number of alkyl halides is 3. The van der Waals surface area contributed by atoms with Crippen LogP contribution < -0.4 is 15.6 Å². The van der Waals surface area contributed by atoms with Crippen LogP contribution in [0.15, 0.2) is 71.5 Å². The number of likely N-dealkylation sites (N-methyl/N-ethyl adjacent to an activating group) is 1. The van der Waals surface area contributed by atoms with Gasteiger partial charge in [-0.15, -0.1) is 0 Å². The van der Waals surface area contributed by atoms with Gasteiger partial charge in [-0.25, -0.2) is 8.78 Å². The molecule has 2 heterocycles. The number of anilines is 1. The Kier molecular flexibility index (Phi) is 10.8. The summed E-state index contributed by atoms with van der Waals surface area (Å²) in [5.74, 6) is -2.07. The minimum Gasteiger partial charge on any atom is -0.494 e. The average Bonchev–Trinajstić information content (AvgIpc) is 3.49. The van der Waals surface area contributed by atoms with E-state index in [1.807, 2.05) is 42.3 Å². The molecule has 0 saturated carbocycles. The Balaban J connectivity index is 1.72. The molecule has 0 aliphatic carbocycles. The quantitative estimate of drug-likeness (QED) is 0.122. The van der Waals surface area contributed by atoms with E-state index in [9.17, 15) is 22.8 Å². The number of esters is 1. The molecule has 3 aromatic carbocycles. The maximum absolute atomic E-state index is 15.9. The molecule has 1 aromatic heterocycles. The van der Waals surface area contributed by atoms with E-state index in [1.165, 1.54) is 36.8 Å². The molecule has 0 saturated heterocycles. The summed E-state index contributed by atoms with van der Waals surface area (Å²) >= 11 is 0. The van der Waals surface area contributed by atoms with Crippen LogP contribution in [0.3, 0.4) is 0 Å². The summed E-state index contributed by atoms with van der Waals surface area (Å²) in [7, 11) is 3.15. The molecule has 0 amide bonds. The number of methoxy groups -OCH3 is 1. The molecule has 5 rings (SSSR count). The highest BCUT2D eigenvalue weighted by Gasteiger charge is 2.39. The molecule has 49 heavy (non-hydrogen) atoms. The number of rotatable bonds is 12. The van der Waals surface area contributed by atoms with Gasteiger partial charge in [0.1, 0.15) is 11.6 Å². The maximum atomic E-state index is 15.9. The zero-order valence-corrected chi connectivity index (χ0v) is 27.7. The van der Waals surface area contributed by atoms with Crippen molar-refractivity contribution in [3.63, 3.8) is 0 Å². The van der Waals surface area contributed by atoms with Gasteiger partial charge < -0.3 is 14.8 Å². The lowest BCUT2D eigenvalue weighted by Gasteiger charge is -2.34. The molecule has 0 fully saturated rings. The topological polar surface area (TPSA) is 72.8 Å². The number of fused-ring (bicyclic) bond motifs is 1. The standard InChI is InChI=1S/C37H38F5N3O4/c1-5-49-31(46)18-11-19-44(3)34(23-12-7-6-8-13-23)29-21-43-35-25(20-26-27(37(40,41)42)15-10-16-28(26)38)22(2)32(36(47)45(29)35)24-14-9-17-30(48-4)33(24)39/h6-10,12-17,29,34,43H,5,11,18-21H2,1-4H3/t29-,34?/m1/s1. The van der Waals surface area contributed by atoms with E-state index < -0.39 is 53.0 Å². The van der Waals surface area contributed by atoms with Crippen LogP contribution in [0.4, 0.5) is 27.8 Å². The first-order valence-corrected chi connectivity index (χ1v) is 16.0. The van der Waals surface area contributed by atoms with Gasteiger partial charge in [-0.05, 0) is 63.2 Å². The van der Waals surface area contributed by atoms with Crippen molar-refractivity contribution >= 4 is 11.8 Å². The van der Waals surface area contributed by atoms with Crippen LogP contribution >= 0.6 is 0 Å². The number of pyridine rings is 1. The molecule has 2 atom stereocenters. The summed E-state index contributed by atoms with van der Waals surface area (Å²) in [5, 5.41) is 3.25. The summed E-state index contributed by atoms with van der Waals surface area (Å²) in [6.07, 6.45) is -4.71. The Hall–Kier alpha value is -4.71. The third-order valence-corrected chi connectivity index (χ3v) is 9.01. The van der Waals surface area contributed by atoms with Gasteiger partial charge in [0.15, 0.2) is 11.6 Å². The smallest absolute Gasteiger partial charge is 0.416 e. The SMILES string of the molecule is CCOC(=O)CCCN(C)C(c1ccccc1)[C@H]1CNc2c(Cc3c(F)cccc3C(F)(F)F)c(C)c(-c3cccc(OC)c3F)c(=O)n21. The van der Waals surface area contributed by atoms with Gasteiger partial charge >= 0.3 is 12.1 Å². The highest BCUT2D eigenvalue weighted by Crippen LogP contribution is 2.43. The van der Waals surface area contributed by atoms with Gasteiger partial charge in [-0.3, -0.25) is 19.1 Å². The predicted octanol–water partition coefficient (Wildman–Crippen LogP) is 7.70. The molecule has 4 aromatic rings. The Morgan fingerprint density at radius 3 is 2.43 bits per heavy atom. The van der Waals surface area contributed by atoms with Crippen LogP contribution in [-0.2, 0) is 22.1 Å². The molecule has 1 N–H and O–H groups in total. The van der Waals surface area contributed by atoms with Crippen LogP contribution in [0.25, 0.3) is 11.1 Å². The van der Waals surface area contributed by atoms with Crippen molar-refractivity contribution in [1.82, 2.24) is 9.47 Å². The number of nitrogens with one attached hydrogen (secondary N) is 1. The van der Waals surface area contributed by atoms with Crippen LogP contribution in [0.1, 0.15) is 59.7 Å². The van der Waals surface area contributed by atoms with E-state index in [4.69, 9.17) is 9.47 Å². The number of carbonyl (C=O) groups is 1. The zero-order chi connectivity index (χ0) is 35.5. The minimum atomic E-state index is -4.84. The lowest BCUT2D eigenvalue weighted by atomic mass is 9.91. The van der Waals surface area contributed by atoms with Crippen molar-refractivity contribution in [2.45, 2.75) is 51.4 Å². The Morgan fingerprint density at radius 2 is 1.76 bits per heavy atom. The largest absolute Gasteiger partial charge is 0.494 e. The molecule has 1 aliphatic rings. The van der Waals surface area contributed by atoms with Crippen molar-refractivity contribution in [3.05, 3.63) is 117 Å². The van der Waals surface area contributed by atoms with E-state index in [0.29, 0.717) is 13.0 Å². The number of benzene rings is 3. The molecular formula is C37H38F5N3O4. The number of ether oxygens (including phenoxy) is 2. The second-order valence-corrected chi connectivity index (χ2v) is 12.0. The van der Waals surface area contributed by atoms with Gasteiger partial charge in [-0.2, -0.15) is 13.2 Å². The number of hydrogen-bond acceptors (Lipinski definition) is 6. The average molecular weight is 684 g/mol. The highest BCUT2D eigenvalue weighted by molar-refractivity contribution is 5.74. The molecule has 1 aliphatic heterocycles. The summed E-state index contributed by atoms with van der Waals surface area (Å²) in [5.41, 5.74) is -1.15. The molecule has 0 bridgehead atoms. The first-order valence-electron chi connectivity index (χ1n) is 16.0. The molecule has 7 nitrogen and oxygen atoms in total. The van der Waals surface area contributed by atoms with Gasteiger partial charge in [0, 0.05) is 36.1 Å². The molecular weight excluding hydrogens is 645 g/mol. The van der Waals surface area contributed by atoms with Crippen LogP contribution in [-0.4, -0.2) is 49.3 Å². The molecule has 260 valence electrons. The molecule has 1 unspecified atom stereocenters. The highest BCUT2D eigenvalue weighted by atomic mass is 19.4. The van der Waals surface area contributed by atoms with Crippen molar-refractivity contribution in [3.8, 4) is 16.9 Å². The van der Waals surface area contributed by atoms with E-state index in [2.05, 4.69) is 5.32 Å². The molecule has 12 heteroatoms. The van der Waals surface area contributed by atoms with Crippen molar-refractivity contribution in [1.29, 1.82) is 0 Å². The summed E-state index contributed by atoms with van der Waals surface area (Å²) in [6, 6.07) is 15.4. The summed E-state index contributed by atoms with van der Waals surface area (Å²) in [4.78, 5) is 28.7. The second kappa shape index (κ2) is 14.8. The number of carbonyl (C=O) groups excluding carboxylic acids is 1. The minimum absolute atomic E-state index is 0.0643. The lowest BCUT2D eigenvalue weighted by Crippen LogP contribution is -2.37. The number of halogens is 5. The van der Waals surface area contributed by atoms with Gasteiger partial charge in [0.25, 0.3) is 5.56 Å². The van der Waals surface area contributed by atoms with E-state index in [-0.39, 0.29) is 59.4 Å². The number of aromatic nitrogens is 1. The lowest BCUT2D eigenvalue weighted by molar-refractivity contribution is -0.143. The van der Waals surface area contributed by atoms with Gasteiger partial charge in [-0.1, -0.05) is 48.5 Å². The van der Waals surface area contributed by atoms with E-state index in [1.54, 1.807) is 6.92 Å². The second-order valence-electron chi connectivity index (χ2n) is 12.0. The molecule has 0 spiro atoms. The summed E-state index contributed by atoms with van der Waals surface area (Å²) < 4.78 is 85.3. The fourth-order valence-electron chi connectivity index (χ4n) is 6.75. The van der Waals surface area contributed by atoms with Crippen LogP contribution in [0, 0.1) is 18.6 Å². The first-order chi connectivity index (χ1) is 23.4. The predicted molar refractivity (Wildman–Crippen MR) is 177 cm³/mol. The van der Waals surface area contributed by atoms with Crippen LogP contribution in [0.2, 0.25) is 0 Å². The number of hydrogen-bond donors (Lipinski definition) is 1. The zero-order valence-electron chi connectivity index (χ0n) is 27.7. The van der Waals surface area contributed by atoms with E-state index >= 15 is 8.78 Å². The van der Waals surface area contributed by atoms with Gasteiger partial charge in [0.05, 0.1) is 36.9 Å². The Bertz CT molecular complexity index is 1880. The van der Waals surface area contributed by atoms with Crippen molar-refractivity contribution in [2.75, 3.05) is 39.2 Å². The Labute approximate surface area is 281 Å². The first kappa shape index (κ1) is 35.6. The summed E-state index contributed by atoms with van der Waals surface area (Å²) in [6.45, 7) is 4.17. The van der Waals surface area contributed by atoms with E-state index in [0.717, 1.165) is 23.8 Å². The monoisotopic (exact) mass is 683 g/mol. The van der Waals surface area contributed by atoms with Crippen molar-refractivity contribution in [2.24, 2.45) is 0 Å². The molecule has 0 radical (unpaired) electrons. The third-order valence-electron chi connectivity index (χ3n) is 9.01.